The zero-order valence-corrected chi connectivity index (χ0v) is 29.6. The van der Waals surface area contributed by atoms with Crippen molar-refractivity contribution in [3.63, 3.8) is 0 Å². The molecule has 50 heavy (non-hydrogen) atoms. The molecule has 1 aromatic heterocycles. The van der Waals surface area contributed by atoms with E-state index in [0.717, 1.165) is 62.7 Å². The number of carbonyl (C=O) groups is 1. The van der Waals surface area contributed by atoms with E-state index < -0.39 is 17.7 Å². The van der Waals surface area contributed by atoms with Gasteiger partial charge in [-0.05, 0) is 94.5 Å². The van der Waals surface area contributed by atoms with Gasteiger partial charge in [0.1, 0.15) is 11.5 Å². The molecule has 0 saturated carbocycles. The van der Waals surface area contributed by atoms with Crippen molar-refractivity contribution < 1.29 is 32.2 Å². The van der Waals surface area contributed by atoms with E-state index >= 15 is 0 Å². The number of carboxylic acid groups (broad SMARTS) is 1. The Morgan fingerprint density at radius 3 is 2.32 bits per heavy atom. The molecule has 9 heteroatoms. The van der Waals surface area contributed by atoms with Crippen molar-refractivity contribution in [3.8, 4) is 18.6 Å². The van der Waals surface area contributed by atoms with Crippen LogP contribution in [-0.2, 0) is 36.8 Å². The van der Waals surface area contributed by atoms with Crippen LogP contribution < -0.4 is 9.64 Å². The summed E-state index contributed by atoms with van der Waals surface area (Å²) in [6.07, 6.45) is 14.9. The molecule has 266 valence electrons. The molecule has 0 atom stereocenters. The molecule has 0 unspecified atom stereocenters. The lowest BCUT2D eigenvalue weighted by atomic mass is 9.91. The van der Waals surface area contributed by atoms with Crippen LogP contribution in [0.15, 0.2) is 95.5 Å². The number of terminal acetylenes is 1. The second-order valence-electron chi connectivity index (χ2n) is 11.6. The fourth-order valence-corrected chi connectivity index (χ4v) is 5.04. The van der Waals surface area contributed by atoms with Gasteiger partial charge in [-0.1, -0.05) is 55.2 Å². The number of rotatable bonds is 12. The Morgan fingerprint density at radius 2 is 1.74 bits per heavy atom. The first kappa shape index (κ1) is 40.9. The average molecular weight is 689 g/mol. The summed E-state index contributed by atoms with van der Waals surface area (Å²) in [4.78, 5) is 17.8. The van der Waals surface area contributed by atoms with Crippen molar-refractivity contribution in [1.82, 2.24) is 4.98 Å². The Bertz CT molecular complexity index is 1720. The normalized spacial score (nSPS) is 12.8. The summed E-state index contributed by atoms with van der Waals surface area (Å²) < 4.78 is 50.9. The summed E-state index contributed by atoms with van der Waals surface area (Å²) in [7, 11) is 0. The summed E-state index contributed by atoms with van der Waals surface area (Å²) >= 11 is 0. The highest BCUT2D eigenvalue weighted by Gasteiger charge is 2.30. The third-order valence-electron chi connectivity index (χ3n) is 8.04. The van der Waals surface area contributed by atoms with Gasteiger partial charge in [-0.2, -0.15) is 13.2 Å². The predicted molar refractivity (Wildman–Crippen MR) is 196 cm³/mol. The molecule has 0 aliphatic carbocycles. The fraction of sp³-hybridized carbons (Fsp3) is 0.317. The lowest BCUT2D eigenvalue weighted by Gasteiger charge is -2.33. The average Bonchev–Trinajstić information content (AvgIpc) is 3.47. The van der Waals surface area contributed by atoms with Gasteiger partial charge in [0.2, 0.25) is 5.89 Å². The van der Waals surface area contributed by atoms with E-state index in [1.807, 2.05) is 82.0 Å². The van der Waals surface area contributed by atoms with Gasteiger partial charge in [-0.25, -0.2) is 4.98 Å². The number of hydrogen-bond acceptors (Lipinski definition) is 5. The maximum absolute atomic E-state index is 13.0. The number of aromatic nitrogens is 1. The molecule has 0 saturated heterocycles. The van der Waals surface area contributed by atoms with Crippen LogP contribution >= 0.6 is 0 Å². The highest BCUT2D eigenvalue weighted by molar-refractivity contribution is 5.67. The van der Waals surface area contributed by atoms with Crippen molar-refractivity contribution >= 4 is 17.2 Å². The van der Waals surface area contributed by atoms with Crippen molar-refractivity contribution in [3.05, 3.63) is 131 Å². The smallest absolute Gasteiger partial charge is 0.416 e. The number of fused-ring (bicyclic) bond motifs is 1. The van der Waals surface area contributed by atoms with Gasteiger partial charge in [0.25, 0.3) is 0 Å². The summed E-state index contributed by atoms with van der Waals surface area (Å²) in [6.45, 7) is 18.7. The van der Waals surface area contributed by atoms with E-state index in [1.54, 1.807) is 0 Å². The maximum Gasteiger partial charge on any atom is 0.416 e. The molecule has 0 radical (unpaired) electrons. The van der Waals surface area contributed by atoms with Gasteiger partial charge in [0, 0.05) is 42.8 Å². The molecule has 1 aliphatic heterocycles. The zero-order valence-electron chi connectivity index (χ0n) is 29.6. The van der Waals surface area contributed by atoms with Gasteiger partial charge in [0.05, 0.1) is 17.9 Å². The summed E-state index contributed by atoms with van der Waals surface area (Å²) in [5, 5.41) is 9.21. The van der Waals surface area contributed by atoms with E-state index in [2.05, 4.69) is 31.0 Å². The molecular formula is C41H47F3N2O4. The van der Waals surface area contributed by atoms with E-state index in [9.17, 15) is 23.1 Å². The molecular weight excluding hydrogens is 641 g/mol. The second kappa shape index (κ2) is 19.7. The number of ether oxygens (including phenoxy) is 1. The molecule has 2 aromatic carbocycles. The quantitative estimate of drug-likeness (QED) is 0.151. The van der Waals surface area contributed by atoms with Crippen LogP contribution in [0.4, 0.5) is 18.9 Å². The van der Waals surface area contributed by atoms with Crippen molar-refractivity contribution in [1.29, 1.82) is 0 Å². The van der Waals surface area contributed by atoms with E-state index in [1.165, 1.54) is 12.1 Å². The Morgan fingerprint density at radius 1 is 1.06 bits per heavy atom. The minimum atomic E-state index is -4.39. The van der Waals surface area contributed by atoms with Crippen LogP contribution in [0.3, 0.4) is 0 Å². The molecule has 1 N–H and O–H groups in total. The van der Waals surface area contributed by atoms with Gasteiger partial charge >= 0.3 is 12.1 Å². The predicted octanol–water partition coefficient (Wildman–Crippen LogP) is 10.1. The van der Waals surface area contributed by atoms with Crippen molar-refractivity contribution in [2.24, 2.45) is 0 Å². The number of hydrogen-bond donors (Lipinski definition) is 1. The van der Waals surface area contributed by atoms with Crippen LogP contribution in [0, 0.1) is 19.8 Å². The molecule has 0 bridgehead atoms. The second-order valence-corrected chi connectivity index (χ2v) is 11.6. The van der Waals surface area contributed by atoms with E-state index in [4.69, 9.17) is 9.15 Å². The number of halogens is 3. The molecule has 2 heterocycles. The lowest BCUT2D eigenvalue weighted by Crippen LogP contribution is -2.31. The number of nitrogens with zero attached hydrogens (tertiary/aromatic N) is 2. The first-order valence-corrected chi connectivity index (χ1v) is 16.2. The monoisotopic (exact) mass is 688 g/mol. The van der Waals surface area contributed by atoms with Crippen molar-refractivity contribution in [2.45, 2.75) is 73.0 Å². The summed E-state index contributed by atoms with van der Waals surface area (Å²) in [5.41, 5.74) is 6.69. The van der Waals surface area contributed by atoms with Gasteiger partial charge in [0.15, 0.2) is 0 Å². The Hall–Kier alpha value is -5.23. The van der Waals surface area contributed by atoms with Gasteiger partial charge in [-0.15, -0.1) is 12.8 Å². The standard InChI is InChI=1S/C29H31F3N2O4.C10H14.C2H2/c1-4-18(2)28-33-25(19(3)38-28)14-16-37-26-11-5-20(6-12-27(35)36)24-17-34(15-13-23(24)26)22-9-7-21(8-10-22)29(30,31)32;1-5-6-7-8-10(4)9(2)3;1-2/h4-5,7-11H,6,12-17H2,1-3H3,(H,35,36);5-8H,2,4H2,1,3H3;1-2H/b18-4+;6-5-,8-7-;. The summed E-state index contributed by atoms with van der Waals surface area (Å²) in [6, 6.07) is 8.91. The molecule has 3 aromatic rings. The molecule has 0 fully saturated rings. The lowest BCUT2D eigenvalue weighted by molar-refractivity contribution is -0.138. The number of allylic oxidation sites excluding steroid dienone is 8. The molecule has 4 rings (SSSR count). The Labute approximate surface area is 294 Å². The fourth-order valence-electron chi connectivity index (χ4n) is 5.04. The van der Waals surface area contributed by atoms with E-state index in [-0.39, 0.29) is 6.42 Å². The largest absolute Gasteiger partial charge is 0.493 e. The highest BCUT2D eigenvalue weighted by atomic mass is 19.4. The van der Waals surface area contributed by atoms with Crippen LogP contribution in [0.1, 0.15) is 73.7 Å². The topological polar surface area (TPSA) is 75.8 Å². The summed E-state index contributed by atoms with van der Waals surface area (Å²) in [5.74, 6) is 1.20. The SMILES string of the molecule is C#C.C/C=C(\C)c1nc(CCOc2ccc(CCC(=O)O)c3c2CCN(c2ccc(C(F)(F)F)cc2)C3)c(C)o1.C=C(C)C(=C)/C=C\C=C/C. The Balaban J connectivity index is 0.000000623. The third kappa shape index (κ3) is 12.0. The first-order chi connectivity index (χ1) is 23.7. The van der Waals surface area contributed by atoms with E-state index in [0.29, 0.717) is 50.5 Å². The number of carboxylic acids is 1. The van der Waals surface area contributed by atoms with Crippen LogP contribution in [0.5, 0.6) is 5.75 Å². The number of aliphatic carboxylic acids is 1. The number of alkyl halides is 3. The number of anilines is 1. The highest BCUT2D eigenvalue weighted by Crippen LogP contribution is 2.35. The number of oxazole rings is 1. The minimum absolute atomic E-state index is 0.00762. The van der Waals surface area contributed by atoms with Gasteiger partial charge < -0.3 is 19.2 Å². The Kier molecular flexibility index (Phi) is 16.1. The zero-order chi connectivity index (χ0) is 37.4. The van der Waals surface area contributed by atoms with Crippen LogP contribution in [-0.4, -0.2) is 29.2 Å². The van der Waals surface area contributed by atoms with Gasteiger partial charge in [-0.3, -0.25) is 4.79 Å². The van der Waals surface area contributed by atoms with Crippen LogP contribution in [0.25, 0.3) is 5.57 Å². The maximum atomic E-state index is 13.0. The minimum Gasteiger partial charge on any atom is -0.493 e. The molecule has 0 spiro atoms. The first-order valence-electron chi connectivity index (χ1n) is 16.2. The van der Waals surface area contributed by atoms with Crippen molar-refractivity contribution in [2.75, 3.05) is 18.1 Å². The number of aryl methyl sites for hydroxylation is 2. The molecule has 0 amide bonds. The third-order valence-corrected chi connectivity index (χ3v) is 8.04. The number of benzene rings is 2. The molecule has 1 aliphatic rings. The molecule has 6 nitrogen and oxygen atoms in total. The van der Waals surface area contributed by atoms with Crippen LogP contribution in [0.2, 0.25) is 0 Å².